The number of piperidine rings is 1. The molecule has 1 unspecified atom stereocenters. The Morgan fingerprint density at radius 1 is 1.09 bits per heavy atom. The highest BCUT2D eigenvalue weighted by molar-refractivity contribution is 9.10. The van der Waals surface area contributed by atoms with Gasteiger partial charge < -0.3 is 19.9 Å². The average molecular weight is 525 g/mol. The van der Waals surface area contributed by atoms with Crippen molar-refractivity contribution < 1.29 is 4.74 Å². The van der Waals surface area contributed by atoms with Crippen LogP contribution in [0.4, 0.5) is 0 Å². The fraction of sp³-hybridized carbons (Fsp3) is 0.517. The largest absolute Gasteiger partial charge is 0.381 e. The van der Waals surface area contributed by atoms with Crippen LogP contribution >= 0.6 is 15.9 Å². The van der Waals surface area contributed by atoms with Gasteiger partial charge in [0, 0.05) is 53.3 Å². The van der Waals surface area contributed by atoms with Crippen molar-refractivity contribution in [3.63, 3.8) is 0 Å². The van der Waals surface area contributed by atoms with Crippen LogP contribution in [0.25, 0.3) is 10.9 Å². The van der Waals surface area contributed by atoms with Gasteiger partial charge in [0.15, 0.2) is 0 Å². The molecular weight excluding hydrogens is 486 g/mol. The molecule has 0 amide bonds. The van der Waals surface area contributed by atoms with Crippen LogP contribution in [0.2, 0.25) is 0 Å². The smallest absolute Gasteiger partial charge is 0.0484 e. The number of aryl methyl sites for hydroxylation is 1. The molecule has 1 atom stereocenters. The number of hydrogen-bond acceptors (Lipinski definition) is 3. The minimum Gasteiger partial charge on any atom is -0.381 e. The van der Waals surface area contributed by atoms with Gasteiger partial charge in [0.05, 0.1) is 0 Å². The second kappa shape index (κ2) is 11.4. The SMILES string of the molecule is Cc1cccc(C(CCNC2CCNCC2)c2cn(CC3CCOCC3)c3ccc(Br)cc23)c1. The number of fused-ring (bicyclic) bond motifs is 1. The summed E-state index contributed by atoms with van der Waals surface area (Å²) in [5.74, 6) is 1.07. The zero-order valence-electron chi connectivity index (χ0n) is 20.4. The maximum absolute atomic E-state index is 5.62. The minimum atomic E-state index is 0.377. The van der Waals surface area contributed by atoms with E-state index in [1.54, 1.807) is 0 Å². The Morgan fingerprint density at radius 3 is 2.71 bits per heavy atom. The van der Waals surface area contributed by atoms with Crippen LogP contribution in [-0.4, -0.2) is 43.5 Å². The van der Waals surface area contributed by atoms with Crippen molar-refractivity contribution in [2.45, 2.75) is 57.5 Å². The first-order chi connectivity index (χ1) is 16.7. The Morgan fingerprint density at radius 2 is 1.91 bits per heavy atom. The summed E-state index contributed by atoms with van der Waals surface area (Å²) in [7, 11) is 0. The van der Waals surface area contributed by atoms with E-state index in [0.29, 0.717) is 17.9 Å². The Labute approximate surface area is 212 Å². The first-order valence-corrected chi connectivity index (χ1v) is 13.8. The van der Waals surface area contributed by atoms with Gasteiger partial charge in [0.1, 0.15) is 0 Å². The van der Waals surface area contributed by atoms with Crippen LogP contribution < -0.4 is 10.6 Å². The number of benzene rings is 2. The van der Waals surface area contributed by atoms with Crippen molar-refractivity contribution in [2.75, 3.05) is 32.8 Å². The summed E-state index contributed by atoms with van der Waals surface area (Å²) in [6, 6.07) is 16.6. The number of ether oxygens (including phenoxy) is 1. The highest BCUT2D eigenvalue weighted by Crippen LogP contribution is 2.37. The molecule has 3 aromatic rings. The third kappa shape index (κ3) is 5.76. The summed E-state index contributed by atoms with van der Waals surface area (Å²) < 4.78 is 9.30. The summed E-state index contributed by atoms with van der Waals surface area (Å²) in [5, 5.41) is 8.73. The Balaban J connectivity index is 1.46. The van der Waals surface area contributed by atoms with E-state index in [9.17, 15) is 0 Å². The van der Waals surface area contributed by atoms with E-state index in [1.807, 2.05) is 0 Å². The maximum Gasteiger partial charge on any atom is 0.0484 e. The molecule has 2 aliphatic rings. The lowest BCUT2D eigenvalue weighted by atomic mass is 9.87. The monoisotopic (exact) mass is 523 g/mol. The van der Waals surface area contributed by atoms with E-state index in [2.05, 4.69) is 86.7 Å². The average Bonchev–Trinajstić information content (AvgIpc) is 3.20. The lowest BCUT2D eigenvalue weighted by Gasteiger charge is -2.25. The molecule has 2 aliphatic heterocycles. The fourth-order valence-electron chi connectivity index (χ4n) is 5.78. The zero-order valence-corrected chi connectivity index (χ0v) is 21.9. The molecule has 1 aromatic heterocycles. The van der Waals surface area contributed by atoms with Crippen LogP contribution in [0.5, 0.6) is 0 Å². The summed E-state index contributed by atoms with van der Waals surface area (Å²) >= 11 is 3.75. The number of aromatic nitrogens is 1. The predicted octanol–water partition coefficient (Wildman–Crippen LogP) is 6.00. The van der Waals surface area contributed by atoms with Gasteiger partial charge in [0.2, 0.25) is 0 Å². The van der Waals surface area contributed by atoms with E-state index >= 15 is 0 Å². The normalized spacial score (nSPS) is 19.0. The van der Waals surface area contributed by atoms with Gasteiger partial charge in [-0.1, -0.05) is 45.8 Å². The number of halogens is 1. The molecule has 0 spiro atoms. The van der Waals surface area contributed by atoms with Crippen molar-refractivity contribution in [1.29, 1.82) is 0 Å². The lowest BCUT2D eigenvalue weighted by Crippen LogP contribution is -2.40. The van der Waals surface area contributed by atoms with Crippen molar-refractivity contribution >= 4 is 26.8 Å². The molecule has 182 valence electrons. The molecule has 34 heavy (non-hydrogen) atoms. The number of nitrogens with one attached hydrogen (secondary N) is 2. The summed E-state index contributed by atoms with van der Waals surface area (Å²) in [6.45, 7) is 8.39. The van der Waals surface area contributed by atoms with Crippen molar-refractivity contribution in [3.05, 3.63) is 69.8 Å². The van der Waals surface area contributed by atoms with Crippen LogP contribution in [0.1, 0.15) is 54.7 Å². The molecule has 2 fully saturated rings. The van der Waals surface area contributed by atoms with E-state index in [0.717, 1.165) is 63.1 Å². The van der Waals surface area contributed by atoms with Crippen LogP contribution in [0.15, 0.2) is 53.1 Å². The second-order valence-electron chi connectivity index (χ2n) is 10.2. The fourth-order valence-corrected chi connectivity index (χ4v) is 6.14. The molecule has 3 heterocycles. The molecule has 0 bridgehead atoms. The molecule has 2 saturated heterocycles. The Hall–Kier alpha value is -1.66. The van der Waals surface area contributed by atoms with E-state index in [4.69, 9.17) is 4.74 Å². The van der Waals surface area contributed by atoms with Crippen molar-refractivity contribution in [2.24, 2.45) is 5.92 Å². The molecule has 2 aromatic carbocycles. The molecule has 0 saturated carbocycles. The quantitative estimate of drug-likeness (QED) is 0.380. The first kappa shape index (κ1) is 24.1. The van der Waals surface area contributed by atoms with Gasteiger partial charge in [-0.25, -0.2) is 0 Å². The molecule has 5 heteroatoms. The highest BCUT2D eigenvalue weighted by Gasteiger charge is 2.23. The Kier molecular flexibility index (Phi) is 8.05. The topological polar surface area (TPSA) is 38.2 Å². The van der Waals surface area contributed by atoms with Gasteiger partial charge in [-0.2, -0.15) is 0 Å². The van der Waals surface area contributed by atoms with Gasteiger partial charge in [-0.05, 0) is 93.9 Å². The Bertz CT molecular complexity index is 1080. The van der Waals surface area contributed by atoms with Crippen LogP contribution in [0, 0.1) is 12.8 Å². The molecule has 0 aliphatic carbocycles. The van der Waals surface area contributed by atoms with E-state index in [1.165, 1.54) is 40.4 Å². The van der Waals surface area contributed by atoms with Gasteiger partial charge in [-0.3, -0.25) is 0 Å². The van der Waals surface area contributed by atoms with E-state index < -0.39 is 0 Å². The van der Waals surface area contributed by atoms with Crippen LogP contribution in [0.3, 0.4) is 0 Å². The standard InChI is InChI=1S/C29H38BrN3O/c1-21-3-2-4-23(17-21)26(9-14-32-25-7-12-31-13-8-25)28-20-33(19-22-10-15-34-16-11-22)29-6-5-24(30)18-27(28)29/h2-6,17-18,20,22,25-26,31-32H,7-16,19H2,1H3. The maximum atomic E-state index is 5.62. The molecule has 4 nitrogen and oxygen atoms in total. The summed E-state index contributed by atoms with van der Waals surface area (Å²) in [6.07, 6.45) is 8.35. The van der Waals surface area contributed by atoms with Crippen LogP contribution in [-0.2, 0) is 11.3 Å². The van der Waals surface area contributed by atoms with Gasteiger partial charge in [-0.15, -0.1) is 0 Å². The lowest BCUT2D eigenvalue weighted by molar-refractivity contribution is 0.0616. The third-order valence-electron chi connectivity index (χ3n) is 7.69. The number of rotatable bonds is 8. The third-order valence-corrected chi connectivity index (χ3v) is 8.19. The van der Waals surface area contributed by atoms with Gasteiger partial charge >= 0.3 is 0 Å². The second-order valence-corrected chi connectivity index (χ2v) is 11.1. The highest BCUT2D eigenvalue weighted by atomic mass is 79.9. The minimum absolute atomic E-state index is 0.377. The first-order valence-electron chi connectivity index (χ1n) is 13.0. The molecular formula is C29H38BrN3O. The molecule has 2 N–H and O–H groups in total. The summed E-state index contributed by atoms with van der Waals surface area (Å²) in [5.41, 5.74) is 5.58. The molecule has 5 rings (SSSR count). The number of hydrogen-bond donors (Lipinski definition) is 2. The number of nitrogens with zero attached hydrogens (tertiary/aromatic N) is 1. The zero-order chi connectivity index (χ0) is 23.3. The van der Waals surface area contributed by atoms with Gasteiger partial charge in [0.25, 0.3) is 0 Å². The summed E-state index contributed by atoms with van der Waals surface area (Å²) in [4.78, 5) is 0. The predicted molar refractivity (Wildman–Crippen MR) is 145 cm³/mol. The van der Waals surface area contributed by atoms with E-state index in [-0.39, 0.29) is 0 Å². The van der Waals surface area contributed by atoms with Crippen molar-refractivity contribution in [1.82, 2.24) is 15.2 Å². The van der Waals surface area contributed by atoms with Crippen molar-refractivity contribution in [3.8, 4) is 0 Å². The molecule has 0 radical (unpaired) electrons.